The molecule has 5 atom stereocenters. The Morgan fingerprint density at radius 2 is 1.56 bits per heavy atom. The van der Waals surface area contributed by atoms with E-state index in [4.69, 9.17) is 0 Å². The van der Waals surface area contributed by atoms with E-state index in [1.807, 2.05) is 71.0 Å². The van der Waals surface area contributed by atoms with Crippen LogP contribution in [0, 0.1) is 11.3 Å². The summed E-state index contributed by atoms with van der Waals surface area (Å²) in [4.78, 5) is 60.5. The minimum Gasteiger partial charge on any atom is -0.394 e. The minimum absolute atomic E-state index is 0.0197. The summed E-state index contributed by atoms with van der Waals surface area (Å²) < 4.78 is 0. The molecular formula is C38H61N5O5. The Balaban J connectivity index is 1.75. The largest absolute Gasteiger partial charge is 0.394 e. The number of hydrogen-bond acceptors (Lipinski definition) is 6. The number of nitrogens with zero attached hydrogens (tertiary/aromatic N) is 3. The van der Waals surface area contributed by atoms with E-state index in [9.17, 15) is 24.3 Å². The van der Waals surface area contributed by atoms with Crippen LogP contribution in [-0.4, -0.2) is 106 Å². The van der Waals surface area contributed by atoms with Gasteiger partial charge in [0.05, 0.1) is 24.7 Å². The molecule has 2 aliphatic rings. The van der Waals surface area contributed by atoms with Gasteiger partial charge < -0.3 is 25.5 Å². The van der Waals surface area contributed by atoms with Gasteiger partial charge in [-0.2, -0.15) is 0 Å². The van der Waals surface area contributed by atoms with Gasteiger partial charge in [0, 0.05) is 25.2 Å². The average Bonchev–Trinajstić information content (AvgIpc) is 3.54. The van der Waals surface area contributed by atoms with Gasteiger partial charge in [-0.05, 0) is 76.3 Å². The number of hydrogen-bond donors (Lipinski definition) is 3. The number of aliphatic hydroxyl groups excluding tert-OH is 1. The number of carbonyl (C=O) groups excluding carboxylic acids is 4. The highest BCUT2D eigenvalue weighted by atomic mass is 16.3. The van der Waals surface area contributed by atoms with E-state index in [0.717, 1.165) is 31.4 Å². The smallest absolute Gasteiger partial charge is 0.249 e. The predicted molar refractivity (Wildman–Crippen MR) is 190 cm³/mol. The summed E-state index contributed by atoms with van der Waals surface area (Å²) in [5, 5.41) is 16.1. The van der Waals surface area contributed by atoms with Crippen LogP contribution in [0.15, 0.2) is 42.0 Å². The molecule has 10 nitrogen and oxygen atoms in total. The molecular weight excluding hydrogens is 606 g/mol. The van der Waals surface area contributed by atoms with Gasteiger partial charge in [0.15, 0.2) is 0 Å². The molecule has 2 heterocycles. The van der Waals surface area contributed by atoms with Crippen molar-refractivity contribution < 1.29 is 24.3 Å². The van der Waals surface area contributed by atoms with Crippen LogP contribution in [0.4, 0.5) is 0 Å². The normalized spacial score (nSPS) is 21.2. The van der Waals surface area contributed by atoms with E-state index in [1.54, 1.807) is 23.8 Å². The molecule has 48 heavy (non-hydrogen) atoms. The zero-order valence-corrected chi connectivity index (χ0v) is 30.8. The van der Waals surface area contributed by atoms with Crippen LogP contribution in [-0.2, 0) is 25.6 Å². The van der Waals surface area contributed by atoms with Gasteiger partial charge in [0.2, 0.25) is 23.6 Å². The summed E-state index contributed by atoms with van der Waals surface area (Å²) in [6.45, 7) is 16.9. The van der Waals surface area contributed by atoms with Crippen molar-refractivity contribution >= 4 is 23.6 Å². The van der Waals surface area contributed by atoms with Crippen LogP contribution in [0.2, 0.25) is 0 Å². The molecule has 2 fully saturated rings. The summed E-state index contributed by atoms with van der Waals surface area (Å²) in [5.74, 6) is -0.846. The molecule has 0 aromatic heterocycles. The first-order valence-electron chi connectivity index (χ1n) is 17.8. The Hall–Kier alpha value is -3.24. The van der Waals surface area contributed by atoms with Crippen LogP contribution >= 0.6 is 0 Å². The molecule has 268 valence electrons. The number of piperidine rings is 1. The number of likely N-dealkylation sites (tertiary alicyclic amines) is 2. The Morgan fingerprint density at radius 1 is 0.938 bits per heavy atom. The van der Waals surface area contributed by atoms with Gasteiger partial charge in [0.1, 0.15) is 12.1 Å². The Bertz CT molecular complexity index is 1270. The van der Waals surface area contributed by atoms with Crippen molar-refractivity contribution in [2.45, 2.75) is 130 Å². The molecule has 4 unspecified atom stereocenters. The molecule has 0 aliphatic carbocycles. The number of aliphatic hydroxyl groups is 1. The van der Waals surface area contributed by atoms with Crippen molar-refractivity contribution in [1.82, 2.24) is 25.3 Å². The molecule has 0 bridgehead atoms. The van der Waals surface area contributed by atoms with Crippen molar-refractivity contribution in [3.63, 3.8) is 0 Å². The molecule has 1 aromatic rings. The number of benzene rings is 1. The maximum Gasteiger partial charge on any atom is 0.249 e. The monoisotopic (exact) mass is 667 g/mol. The van der Waals surface area contributed by atoms with Gasteiger partial charge in [0.25, 0.3) is 0 Å². The van der Waals surface area contributed by atoms with Crippen molar-refractivity contribution in [3.05, 3.63) is 47.5 Å². The summed E-state index contributed by atoms with van der Waals surface area (Å²) in [7, 11) is 1.74. The quantitative estimate of drug-likeness (QED) is 0.274. The summed E-state index contributed by atoms with van der Waals surface area (Å²) in [6, 6.07) is 7.39. The molecule has 2 aliphatic heterocycles. The first-order valence-corrected chi connectivity index (χ1v) is 17.8. The zero-order chi connectivity index (χ0) is 35.8. The highest BCUT2D eigenvalue weighted by Crippen LogP contribution is 2.27. The van der Waals surface area contributed by atoms with Crippen molar-refractivity contribution in [2.24, 2.45) is 11.3 Å². The molecule has 0 radical (unpaired) electrons. The maximum absolute atomic E-state index is 14.2. The lowest BCUT2D eigenvalue weighted by Crippen LogP contribution is -2.60. The molecule has 2 saturated heterocycles. The summed E-state index contributed by atoms with van der Waals surface area (Å²) >= 11 is 0. The fourth-order valence-corrected chi connectivity index (χ4v) is 7.04. The second-order valence-corrected chi connectivity index (χ2v) is 15.4. The van der Waals surface area contributed by atoms with Gasteiger partial charge >= 0.3 is 0 Å². The lowest BCUT2D eigenvalue weighted by atomic mass is 9.84. The topological polar surface area (TPSA) is 122 Å². The molecule has 0 spiro atoms. The van der Waals surface area contributed by atoms with Crippen LogP contribution < -0.4 is 10.6 Å². The minimum atomic E-state index is -0.751. The number of nitrogens with one attached hydrogen (secondary N) is 2. The van der Waals surface area contributed by atoms with Gasteiger partial charge in [-0.15, -0.1) is 0 Å². The summed E-state index contributed by atoms with van der Waals surface area (Å²) in [5.41, 5.74) is 0.924. The van der Waals surface area contributed by atoms with Crippen LogP contribution in [0.1, 0.15) is 93.1 Å². The molecule has 3 N–H and O–H groups in total. The third-order valence-corrected chi connectivity index (χ3v) is 9.85. The van der Waals surface area contributed by atoms with E-state index in [-0.39, 0.29) is 48.2 Å². The maximum atomic E-state index is 14.2. The van der Waals surface area contributed by atoms with E-state index in [2.05, 4.69) is 29.4 Å². The van der Waals surface area contributed by atoms with Crippen LogP contribution in [0.3, 0.4) is 0 Å². The highest BCUT2D eigenvalue weighted by molar-refractivity contribution is 5.97. The van der Waals surface area contributed by atoms with Gasteiger partial charge in [-0.3, -0.25) is 24.1 Å². The fraction of sp³-hybridized carbons (Fsp3) is 0.684. The Kier molecular flexibility index (Phi) is 14.2. The zero-order valence-electron chi connectivity index (χ0n) is 30.8. The Morgan fingerprint density at radius 3 is 2.15 bits per heavy atom. The van der Waals surface area contributed by atoms with Crippen molar-refractivity contribution in [3.8, 4) is 0 Å². The van der Waals surface area contributed by atoms with Crippen LogP contribution in [0.25, 0.3) is 0 Å². The van der Waals surface area contributed by atoms with Crippen LogP contribution in [0.5, 0.6) is 0 Å². The highest BCUT2D eigenvalue weighted by Gasteiger charge is 2.40. The average molecular weight is 668 g/mol. The second-order valence-electron chi connectivity index (χ2n) is 15.4. The second kappa shape index (κ2) is 17.4. The van der Waals surface area contributed by atoms with Crippen molar-refractivity contribution in [1.29, 1.82) is 0 Å². The number of amides is 4. The molecule has 1 aromatic carbocycles. The number of likely N-dealkylation sites (N-methyl/N-ethyl adjacent to an activating group) is 1. The lowest BCUT2D eigenvalue weighted by Gasteiger charge is -2.41. The Labute approximate surface area is 288 Å². The standard InChI is InChI=1S/C38H61N5O5/c1-25(2)32(41(9)37(48)33(38(6,7)8)40-35(46)30-18-13-14-20-42(30)26(3)4)22-27(5)36(47)43-21-15-19-31(43)34(45)39-29(24-44)23-28-16-11-10-12-17-28/h10-12,16-17,22,25-26,29-33,44H,13-15,18-21,23-24H2,1-9H3,(H,39,45)(H,40,46)/b27-22+/t29?,30?,31-,32?,33?/m0/s1. The molecule has 10 heteroatoms. The third kappa shape index (κ3) is 10.1. The first kappa shape index (κ1) is 39.2. The predicted octanol–water partition coefficient (Wildman–Crippen LogP) is 3.92. The number of rotatable bonds is 13. The first-order chi connectivity index (χ1) is 22.6. The lowest BCUT2D eigenvalue weighted by molar-refractivity contribution is -0.142. The number of carbonyl (C=O) groups is 4. The molecule has 0 saturated carbocycles. The summed E-state index contributed by atoms with van der Waals surface area (Å²) in [6.07, 6.45) is 6.38. The molecule has 3 rings (SSSR count). The van der Waals surface area contributed by atoms with E-state index in [1.165, 1.54) is 0 Å². The molecule has 4 amide bonds. The van der Waals surface area contributed by atoms with Gasteiger partial charge in [-0.1, -0.05) is 77.4 Å². The van der Waals surface area contributed by atoms with E-state index in [0.29, 0.717) is 31.4 Å². The fourth-order valence-electron chi connectivity index (χ4n) is 7.04. The van der Waals surface area contributed by atoms with Crippen molar-refractivity contribution in [2.75, 3.05) is 26.7 Å². The third-order valence-electron chi connectivity index (χ3n) is 9.85. The van der Waals surface area contributed by atoms with E-state index < -0.39 is 29.6 Å². The van der Waals surface area contributed by atoms with E-state index >= 15 is 0 Å². The van der Waals surface area contributed by atoms with Gasteiger partial charge in [-0.25, -0.2) is 0 Å². The SMILES string of the molecule is C/C(=C\C(C(C)C)N(C)C(=O)C(NC(=O)C1CCCCN1C(C)C)C(C)(C)C)C(=O)N1CCC[C@H]1C(=O)NC(CO)Cc1ccccc1.